The SMILES string of the molecule is CCOC(=O)[C@@H](C)OP(=O)(O)[C@H](NC(=O)OCc1ccccc1)c1ccc(Br)cc1. The van der Waals surface area contributed by atoms with Crippen molar-refractivity contribution >= 4 is 35.6 Å². The van der Waals surface area contributed by atoms with Crippen molar-refractivity contribution in [2.24, 2.45) is 0 Å². The van der Waals surface area contributed by atoms with Crippen molar-refractivity contribution in [3.8, 4) is 0 Å². The maximum absolute atomic E-state index is 13.0. The van der Waals surface area contributed by atoms with E-state index in [-0.39, 0.29) is 13.2 Å². The number of amides is 1. The smallest absolute Gasteiger partial charge is 0.408 e. The van der Waals surface area contributed by atoms with Crippen molar-refractivity contribution in [2.75, 3.05) is 6.61 Å². The molecular formula is C20H23BrNO7P. The second-order valence-electron chi connectivity index (χ2n) is 6.22. The highest BCUT2D eigenvalue weighted by Crippen LogP contribution is 2.56. The quantitative estimate of drug-likeness (QED) is 0.385. The van der Waals surface area contributed by atoms with Gasteiger partial charge in [0.1, 0.15) is 6.61 Å². The Labute approximate surface area is 183 Å². The summed E-state index contributed by atoms with van der Waals surface area (Å²) in [6, 6.07) is 15.4. The van der Waals surface area contributed by atoms with Gasteiger partial charge in [-0.25, -0.2) is 9.59 Å². The molecule has 0 fully saturated rings. The molecule has 0 saturated carbocycles. The van der Waals surface area contributed by atoms with Gasteiger partial charge < -0.3 is 19.7 Å². The monoisotopic (exact) mass is 499 g/mol. The van der Waals surface area contributed by atoms with Crippen LogP contribution in [-0.2, 0) is 30.0 Å². The van der Waals surface area contributed by atoms with Gasteiger partial charge in [0.15, 0.2) is 11.9 Å². The molecule has 30 heavy (non-hydrogen) atoms. The summed E-state index contributed by atoms with van der Waals surface area (Å²) in [5, 5.41) is 2.37. The van der Waals surface area contributed by atoms with E-state index in [1.165, 1.54) is 6.92 Å². The summed E-state index contributed by atoms with van der Waals surface area (Å²) in [4.78, 5) is 34.7. The van der Waals surface area contributed by atoms with Gasteiger partial charge >= 0.3 is 19.7 Å². The minimum Gasteiger partial charge on any atom is -0.464 e. The fraction of sp³-hybridized carbons (Fsp3) is 0.300. The van der Waals surface area contributed by atoms with E-state index in [0.717, 1.165) is 10.0 Å². The Balaban J connectivity index is 2.17. The molecule has 0 aromatic heterocycles. The average Bonchev–Trinajstić information content (AvgIpc) is 2.72. The lowest BCUT2D eigenvalue weighted by Crippen LogP contribution is -2.31. The lowest BCUT2D eigenvalue weighted by Gasteiger charge is -2.25. The van der Waals surface area contributed by atoms with E-state index in [1.54, 1.807) is 55.5 Å². The van der Waals surface area contributed by atoms with Crippen molar-refractivity contribution in [2.45, 2.75) is 32.3 Å². The van der Waals surface area contributed by atoms with Crippen LogP contribution in [0.2, 0.25) is 0 Å². The number of carbonyl (C=O) groups is 2. The van der Waals surface area contributed by atoms with Crippen LogP contribution in [0.5, 0.6) is 0 Å². The summed E-state index contributed by atoms with van der Waals surface area (Å²) in [6.45, 7) is 2.99. The van der Waals surface area contributed by atoms with E-state index in [9.17, 15) is 19.0 Å². The van der Waals surface area contributed by atoms with Crippen LogP contribution < -0.4 is 5.32 Å². The molecule has 1 amide bonds. The maximum Gasteiger partial charge on any atom is 0.408 e. The molecule has 162 valence electrons. The zero-order valence-corrected chi connectivity index (χ0v) is 19.0. The molecule has 2 aromatic rings. The number of rotatable bonds is 9. The van der Waals surface area contributed by atoms with Gasteiger partial charge in [-0.2, -0.15) is 0 Å². The molecular weight excluding hydrogens is 477 g/mol. The highest BCUT2D eigenvalue weighted by molar-refractivity contribution is 9.10. The van der Waals surface area contributed by atoms with E-state index >= 15 is 0 Å². The molecule has 0 aliphatic carbocycles. The van der Waals surface area contributed by atoms with E-state index < -0.39 is 31.5 Å². The highest BCUT2D eigenvalue weighted by Gasteiger charge is 2.39. The zero-order valence-electron chi connectivity index (χ0n) is 16.5. The van der Waals surface area contributed by atoms with Gasteiger partial charge in [0.25, 0.3) is 0 Å². The predicted molar refractivity (Wildman–Crippen MR) is 114 cm³/mol. The number of carbonyl (C=O) groups excluding carboxylic acids is 2. The average molecular weight is 500 g/mol. The van der Waals surface area contributed by atoms with Crippen LogP contribution in [0.4, 0.5) is 4.79 Å². The summed E-state index contributed by atoms with van der Waals surface area (Å²) in [7, 11) is -4.55. The van der Waals surface area contributed by atoms with Crippen molar-refractivity contribution in [3.05, 3.63) is 70.2 Å². The Kier molecular flexibility index (Phi) is 9.05. The van der Waals surface area contributed by atoms with Gasteiger partial charge in [-0.3, -0.25) is 9.09 Å². The maximum atomic E-state index is 13.0. The normalized spacial score (nSPS) is 14.8. The van der Waals surface area contributed by atoms with Crippen LogP contribution in [-0.4, -0.2) is 29.7 Å². The van der Waals surface area contributed by atoms with Crippen LogP contribution in [0.15, 0.2) is 59.1 Å². The lowest BCUT2D eigenvalue weighted by molar-refractivity contribution is -0.150. The number of nitrogens with one attached hydrogen (secondary N) is 1. The third kappa shape index (κ3) is 7.25. The van der Waals surface area contributed by atoms with Crippen molar-refractivity contribution in [1.82, 2.24) is 5.32 Å². The summed E-state index contributed by atoms with van der Waals surface area (Å²) in [5.74, 6) is -2.24. The van der Waals surface area contributed by atoms with E-state index in [0.29, 0.717) is 5.56 Å². The fourth-order valence-electron chi connectivity index (χ4n) is 2.46. The Morgan fingerprint density at radius 1 is 1.10 bits per heavy atom. The first-order valence-electron chi connectivity index (χ1n) is 9.13. The molecule has 2 aromatic carbocycles. The van der Waals surface area contributed by atoms with Crippen molar-refractivity contribution in [1.29, 1.82) is 0 Å². The first-order chi connectivity index (χ1) is 14.2. The molecule has 3 atom stereocenters. The van der Waals surface area contributed by atoms with Crippen LogP contribution >= 0.6 is 23.5 Å². The molecule has 0 saturated heterocycles. The molecule has 0 aliphatic rings. The second kappa shape index (κ2) is 11.3. The summed E-state index contributed by atoms with van der Waals surface area (Å²) in [5.41, 5.74) is 1.06. The van der Waals surface area contributed by atoms with Gasteiger partial charge in [-0.1, -0.05) is 58.4 Å². The number of hydrogen-bond acceptors (Lipinski definition) is 6. The Bertz CT molecular complexity index is 892. The van der Waals surface area contributed by atoms with Crippen molar-refractivity contribution < 1.29 is 33.0 Å². The largest absolute Gasteiger partial charge is 0.464 e. The third-order valence-corrected chi connectivity index (χ3v) is 6.13. The molecule has 2 rings (SSSR count). The van der Waals surface area contributed by atoms with Crippen LogP contribution in [0, 0.1) is 0 Å². The minimum absolute atomic E-state index is 0.0183. The third-order valence-electron chi connectivity index (χ3n) is 3.91. The van der Waals surface area contributed by atoms with Gasteiger partial charge in [-0.05, 0) is 37.1 Å². The molecule has 0 aliphatic heterocycles. The number of ether oxygens (including phenoxy) is 2. The molecule has 0 spiro atoms. The predicted octanol–water partition coefficient (Wildman–Crippen LogP) is 4.53. The fourth-order valence-corrected chi connectivity index (χ4v) is 4.21. The van der Waals surface area contributed by atoms with E-state index in [4.69, 9.17) is 14.0 Å². The minimum atomic E-state index is -4.55. The summed E-state index contributed by atoms with van der Waals surface area (Å²) in [6.07, 6.45) is -2.21. The summed E-state index contributed by atoms with van der Waals surface area (Å²) >= 11 is 3.29. The van der Waals surface area contributed by atoms with E-state index in [1.807, 2.05) is 6.07 Å². The molecule has 0 bridgehead atoms. The van der Waals surface area contributed by atoms with Gasteiger partial charge in [0, 0.05) is 4.47 Å². The molecule has 8 nitrogen and oxygen atoms in total. The highest BCUT2D eigenvalue weighted by atomic mass is 79.9. The number of halogens is 1. The topological polar surface area (TPSA) is 111 Å². The molecule has 2 N–H and O–H groups in total. The zero-order chi connectivity index (χ0) is 22.1. The Morgan fingerprint density at radius 3 is 2.33 bits per heavy atom. The lowest BCUT2D eigenvalue weighted by atomic mass is 10.2. The van der Waals surface area contributed by atoms with Crippen molar-refractivity contribution in [3.63, 3.8) is 0 Å². The Hall–Kier alpha value is -2.19. The Morgan fingerprint density at radius 2 is 1.73 bits per heavy atom. The molecule has 1 unspecified atom stereocenters. The van der Waals surface area contributed by atoms with Crippen LogP contribution in [0.1, 0.15) is 30.8 Å². The molecule has 10 heteroatoms. The first kappa shape index (κ1) is 24.1. The standard InChI is InChI=1S/C20H23BrNO7P/c1-3-27-19(23)14(2)29-30(25,26)18(16-9-11-17(21)12-10-16)22-20(24)28-13-15-7-5-4-6-8-15/h4-12,14,18H,3,13H2,1-2H3,(H,22,24)(H,25,26)/t14-,18+/m1/s1. The number of hydrogen-bond donors (Lipinski definition) is 2. The van der Waals surface area contributed by atoms with Gasteiger partial charge in [0.05, 0.1) is 6.61 Å². The first-order valence-corrected chi connectivity index (χ1v) is 11.6. The molecule has 0 radical (unpaired) electrons. The number of benzene rings is 2. The number of alkyl carbamates (subject to hydrolysis) is 1. The molecule has 0 heterocycles. The second-order valence-corrected chi connectivity index (χ2v) is 9.00. The van der Waals surface area contributed by atoms with Gasteiger partial charge in [0.2, 0.25) is 0 Å². The number of esters is 1. The van der Waals surface area contributed by atoms with Gasteiger partial charge in [-0.15, -0.1) is 0 Å². The summed E-state index contributed by atoms with van der Waals surface area (Å²) < 4.78 is 28.8. The van der Waals surface area contributed by atoms with Crippen LogP contribution in [0.25, 0.3) is 0 Å². The van der Waals surface area contributed by atoms with E-state index in [2.05, 4.69) is 21.2 Å². The van der Waals surface area contributed by atoms with Crippen LogP contribution in [0.3, 0.4) is 0 Å².